The Morgan fingerprint density at radius 3 is 2.43 bits per heavy atom. The van der Waals surface area contributed by atoms with E-state index in [0.29, 0.717) is 32.6 Å². The van der Waals surface area contributed by atoms with Gasteiger partial charge in [-0.2, -0.15) is 0 Å². The van der Waals surface area contributed by atoms with E-state index in [2.05, 4.69) is 0 Å². The molecule has 7 heteroatoms. The zero-order chi connectivity index (χ0) is 15.4. The topological polar surface area (TPSA) is 55.8 Å². The summed E-state index contributed by atoms with van der Waals surface area (Å²) >= 11 is 0. The first kappa shape index (κ1) is 15.4. The number of carbonyl (C=O) groups is 2. The lowest BCUT2D eigenvalue weighted by Gasteiger charge is -2.29. The van der Waals surface area contributed by atoms with Crippen molar-refractivity contribution < 1.29 is 27.8 Å². The predicted octanol–water partition coefficient (Wildman–Crippen LogP) is 1.40. The molecule has 1 aliphatic rings. The van der Waals surface area contributed by atoms with Gasteiger partial charge in [0.2, 0.25) is 0 Å². The summed E-state index contributed by atoms with van der Waals surface area (Å²) in [4.78, 5) is 24.1. The van der Waals surface area contributed by atoms with E-state index in [9.17, 15) is 18.4 Å². The summed E-state index contributed by atoms with van der Waals surface area (Å²) in [5.41, 5.74) is -0.135. The van der Waals surface area contributed by atoms with Crippen molar-refractivity contribution in [2.75, 3.05) is 26.3 Å². The van der Waals surface area contributed by atoms with Crippen LogP contribution >= 0.6 is 0 Å². The largest absolute Gasteiger partial charge is 0.475 e. The monoisotopic (exact) mass is 299 g/mol. The average Bonchev–Trinajstić information content (AvgIpc) is 2.50. The van der Waals surface area contributed by atoms with Gasteiger partial charge in [0.05, 0.1) is 13.2 Å². The molecule has 0 spiro atoms. The summed E-state index contributed by atoms with van der Waals surface area (Å²) in [7, 11) is 0. The van der Waals surface area contributed by atoms with Gasteiger partial charge in [-0.15, -0.1) is 0 Å². The van der Waals surface area contributed by atoms with Crippen LogP contribution in [-0.2, 0) is 9.53 Å². The summed E-state index contributed by atoms with van der Waals surface area (Å²) in [6.07, 6.45) is -0.702. The molecule has 1 atom stereocenters. The minimum Gasteiger partial charge on any atom is -0.475 e. The minimum absolute atomic E-state index is 0.135. The van der Waals surface area contributed by atoms with Crippen LogP contribution in [0, 0.1) is 11.6 Å². The molecule has 1 aromatic carbocycles. The summed E-state index contributed by atoms with van der Waals surface area (Å²) in [5.74, 6) is -3.05. The second-order valence-corrected chi connectivity index (χ2v) is 4.63. The normalized spacial score (nSPS) is 16.4. The Balaban J connectivity index is 2.10. The highest BCUT2D eigenvalue weighted by molar-refractivity contribution is 5.81. The van der Waals surface area contributed by atoms with E-state index in [1.54, 1.807) is 0 Å². The van der Waals surface area contributed by atoms with Gasteiger partial charge in [0.1, 0.15) is 6.29 Å². The molecule has 0 aromatic heterocycles. The first-order valence-corrected chi connectivity index (χ1v) is 6.50. The molecule has 0 N–H and O–H groups in total. The molecule has 0 saturated carbocycles. The Hall–Kier alpha value is -2.02. The van der Waals surface area contributed by atoms with Crippen molar-refractivity contribution in [3.8, 4) is 5.75 Å². The number of amides is 1. The van der Waals surface area contributed by atoms with Crippen molar-refractivity contribution in [3.63, 3.8) is 0 Å². The molecule has 114 valence electrons. The van der Waals surface area contributed by atoms with Crippen LogP contribution in [0.4, 0.5) is 8.78 Å². The standard InChI is InChI=1S/C14H15F2NO4/c1-9(14(19)17-2-4-20-5-3-17)21-13-11(15)6-10(8-18)7-12(13)16/h6-9H,2-5H2,1H3. The van der Waals surface area contributed by atoms with Crippen LogP contribution in [0.3, 0.4) is 0 Å². The fraction of sp³-hybridized carbons (Fsp3) is 0.429. The highest BCUT2D eigenvalue weighted by atomic mass is 19.1. The number of morpholine rings is 1. The van der Waals surface area contributed by atoms with Gasteiger partial charge >= 0.3 is 0 Å². The smallest absolute Gasteiger partial charge is 0.263 e. The van der Waals surface area contributed by atoms with Crippen LogP contribution in [0.2, 0.25) is 0 Å². The molecule has 2 rings (SSSR count). The van der Waals surface area contributed by atoms with E-state index in [1.807, 2.05) is 0 Å². The number of ether oxygens (including phenoxy) is 2. The van der Waals surface area contributed by atoms with Gasteiger partial charge in [-0.25, -0.2) is 8.78 Å². The third-order valence-electron chi connectivity index (χ3n) is 3.12. The van der Waals surface area contributed by atoms with Crippen molar-refractivity contribution in [1.82, 2.24) is 4.90 Å². The lowest BCUT2D eigenvalue weighted by Crippen LogP contribution is -2.46. The van der Waals surface area contributed by atoms with Gasteiger partial charge in [0.25, 0.3) is 5.91 Å². The Morgan fingerprint density at radius 2 is 1.90 bits per heavy atom. The number of nitrogens with zero attached hydrogens (tertiary/aromatic N) is 1. The molecule has 1 aliphatic heterocycles. The lowest BCUT2D eigenvalue weighted by atomic mass is 10.2. The Kier molecular flexibility index (Phi) is 4.85. The maximum atomic E-state index is 13.7. The van der Waals surface area contributed by atoms with E-state index in [0.717, 1.165) is 12.1 Å². The third-order valence-corrected chi connectivity index (χ3v) is 3.12. The van der Waals surface area contributed by atoms with Gasteiger partial charge in [0, 0.05) is 18.7 Å². The van der Waals surface area contributed by atoms with E-state index < -0.39 is 23.5 Å². The molecule has 1 heterocycles. The quantitative estimate of drug-likeness (QED) is 0.789. The fourth-order valence-corrected chi connectivity index (χ4v) is 2.03. The van der Waals surface area contributed by atoms with Crippen LogP contribution in [-0.4, -0.2) is 49.5 Å². The number of hydrogen-bond acceptors (Lipinski definition) is 4. The summed E-state index contributed by atoms with van der Waals surface area (Å²) in [5, 5.41) is 0. The third kappa shape index (κ3) is 3.55. The van der Waals surface area contributed by atoms with Crippen LogP contribution in [0.5, 0.6) is 5.75 Å². The molecule has 1 fully saturated rings. The Morgan fingerprint density at radius 1 is 1.33 bits per heavy atom. The molecule has 21 heavy (non-hydrogen) atoms. The van der Waals surface area contributed by atoms with Crippen molar-refractivity contribution in [3.05, 3.63) is 29.3 Å². The second kappa shape index (κ2) is 6.62. The number of aldehydes is 1. The SMILES string of the molecule is CC(Oc1c(F)cc(C=O)cc1F)C(=O)N1CCOCC1. The fourth-order valence-electron chi connectivity index (χ4n) is 2.03. The van der Waals surface area contributed by atoms with Gasteiger partial charge in [-0.1, -0.05) is 0 Å². The number of benzene rings is 1. The van der Waals surface area contributed by atoms with Crippen LogP contribution in [0.1, 0.15) is 17.3 Å². The Bertz CT molecular complexity index is 521. The minimum atomic E-state index is -1.03. The van der Waals surface area contributed by atoms with Crippen molar-refractivity contribution in [1.29, 1.82) is 0 Å². The average molecular weight is 299 g/mol. The van der Waals surface area contributed by atoms with Gasteiger partial charge in [0.15, 0.2) is 23.5 Å². The van der Waals surface area contributed by atoms with Gasteiger partial charge in [-0.3, -0.25) is 9.59 Å². The van der Waals surface area contributed by atoms with Crippen molar-refractivity contribution >= 4 is 12.2 Å². The highest BCUT2D eigenvalue weighted by Gasteiger charge is 2.26. The number of rotatable bonds is 4. The van der Waals surface area contributed by atoms with Crippen molar-refractivity contribution in [2.45, 2.75) is 13.0 Å². The van der Waals surface area contributed by atoms with Crippen LogP contribution in [0.15, 0.2) is 12.1 Å². The molecule has 0 radical (unpaired) electrons. The second-order valence-electron chi connectivity index (χ2n) is 4.63. The summed E-state index contributed by atoms with van der Waals surface area (Å²) in [6, 6.07) is 1.72. The molecular formula is C14H15F2NO4. The first-order valence-electron chi connectivity index (χ1n) is 6.50. The maximum absolute atomic E-state index is 13.7. The van der Waals surface area contributed by atoms with E-state index in [1.165, 1.54) is 11.8 Å². The van der Waals surface area contributed by atoms with Gasteiger partial charge < -0.3 is 14.4 Å². The summed E-state index contributed by atoms with van der Waals surface area (Å²) in [6.45, 7) is 3.11. The van der Waals surface area contributed by atoms with E-state index in [-0.39, 0.29) is 11.5 Å². The van der Waals surface area contributed by atoms with E-state index >= 15 is 0 Å². The first-order chi connectivity index (χ1) is 10.0. The molecule has 0 bridgehead atoms. The summed E-state index contributed by atoms with van der Waals surface area (Å²) < 4.78 is 37.6. The predicted molar refractivity (Wildman–Crippen MR) is 69.2 cm³/mol. The molecule has 0 aliphatic carbocycles. The molecule has 1 amide bonds. The van der Waals surface area contributed by atoms with Crippen molar-refractivity contribution in [2.24, 2.45) is 0 Å². The lowest BCUT2D eigenvalue weighted by molar-refractivity contribution is -0.142. The maximum Gasteiger partial charge on any atom is 0.263 e. The van der Waals surface area contributed by atoms with Crippen LogP contribution in [0.25, 0.3) is 0 Å². The molecule has 1 aromatic rings. The number of halogens is 2. The zero-order valence-electron chi connectivity index (χ0n) is 11.5. The Labute approximate surface area is 120 Å². The molecule has 1 saturated heterocycles. The van der Waals surface area contributed by atoms with E-state index in [4.69, 9.17) is 9.47 Å². The molecular weight excluding hydrogens is 284 g/mol. The molecule has 5 nitrogen and oxygen atoms in total. The number of carbonyl (C=O) groups excluding carboxylic acids is 2. The highest BCUT2D eigenvalue weighted by Crippen LogP contribution is 2.24. The van der Waals surface area contributed by atoms with Gasteiger partial charge in [-0.05, 0) is 19.1 Å². The molecule has 1 unspecified atom stereocenters. The number of hydrogen-bond donors (Lipinski definition) is 0. The van der Waals surface area contributed by atoms with Crippen LogP contribution < -0.4 is 4.74 Å². The zero-order valence-corrected chi connectivity index (χ0v) is 11.5.